The fourth-order valence-corrected chi connectivity index (χ4v) is 1.44. The number of carbonyl (C=O) groups excluding carboxylic acids is 1. The van der Waals surface area contributed by atoms with Crippen LogP contribution >= 0.6 is 11.8 Å². The first-order chi connectivity index (χ1) is 6.67. The zero-order chi connectivity index (χ0) is 12.1. The fraction of sp³-hybridized carbons (Fsp3) is 0.875. The molecule has 1 nitrogen and oxygen atoms in total. The minimum absolute atomic E-state index is 0.169. The van der Waals surface area contributed by atoms with Crippen molar-refractivity contribution in [2.45, 2.75) is 38.3 Å². The largest absolute Gasteiger partial charge is 0.453 e. The zero-order valence-corrected chi connectivity index (χ0v) is 8.85. The van der Waals surface area contributed by atoms with E-state index in [1.807, 2.05) is 0 Å². The second kappa shape index (κ2) is 5.67. The normalized spacial score (nSPS) is 12.9. The monoisotopic (exact) mass is 250 g/mol. The van der Waals surface area contributed by atoms with E-state index in [2.05, 4.69) is 0 Å². The second-order valence-corrected chi connectivity index (χ2v) is 4.27. The molecule has 0 unspecified atom stereocenters. The quantitative estimate of drug-likeness (QED) is 0.547. The molecule has 7 heteroatoms. The summed E-state index contributed by atoms with van der Waals surface area (Å²) in [5.41, 5.74) is 0. The first-order valence-electron chi connectivity index (χ1n) is 4.25. The molecule has 0 bridgehead atoms. The van der Waals surface area contributed by atoms with Crippen molar-refractivity contribution in [2.24, 2.45) is 0 Å². The van der Waals surface area contributed by atoms with Crippen molar-refractivity contribution in [2.75, 3.05) is 5.75 Å². The predicted molar refractivity (Wildman–Crippen MR) is 48.0 cm³/mol. The molecule has 0 radical (unpaired) electrons. The van der Waals surface area contributed by atoms with Gasteiger partial charge < -0.3 is 0 Å². The van der Waals surface area contributed by atoms with Crippen molar-refractivity contribution in [3.05, 3.63) is 0 Å². The number of halogens is 5. The van der Waals surface area contributed by atoms with Gasteiger partial charge in [-0.1, -0.05) is 11.8 Å². The van der Waals surface area contributed by atoms with E-state index < -0.39 is 18.5 Å². The van der Waals surface area contributed by atoms with E-state index in [1.165, 1.54) is 6.92 Å². The molecule has 0 saturated heterocycles. The third-order valence-corrected chi connectivity index (χ3v) is 2.50. The smallest absolute Gasteiger partial charge is 0.288 e. The summed E-state index contributed by atoms with van der Waals surface area (Å²) < 4.78 is 59.6. The highest BCUT2D eigenvalue weighted by Crippen LogP contribution is 2.39. The molecule has 0 atom stereocenters. The number of thioether (sulfide) groups is 1. The first kappa shape index (κ1) is 14.7. The average molecular weight is 250 g/mol. The molecule has 0 spiro atoms. The van der Waals surface area contributed by atoms with Crippen LogP contribution in [0, 0.1) is 0 Å². The van der Waals surface area contributed by atoms with Gasteiger partial charge in [0.1, 0.15) is 0 Å². The van der Waals surface area contributed by atoms with Crippen molar-refractivity contribution in [3.63, 3.8) is 0 Å². The van der Waals surface area contributed by atoms with Crippen LogP contribution in [0.2, 0.25) is 0 Å². The fourth-order valence-electron chi connectivity index (χ4n) is 0.807. The number of hydrogen-bond acceptors (Lipinski definition) is 2. The highest BCUT2D eigenvalue weighted by molar-refractivity contribution is 8.13. The van der Waals surface area contributed by atoms with Crippen LogP contribution in [0.4, 0.5) is 22.0 Å². The molecule has 0 heterocycles. The van der Waals surface area contributed by atoms with E-state index in [9.17, 15) is 26.7 Å². The van der Waals surface area contributed by atoms with Crippen LogP contribution in [0.5, 0.6) is 0 Å². The maximum atomic E-state index is 12.3. The van der Waals surface area contributed by atoms with Crippen molar-refractivity contribution >= 4 is 16.9 Å². The molecule has 0 aliphatic heterocycles. The molecule has 0 aromatic rings. The van der Waals surface area contributed by atoms with Crippen LogP contribution in [0.1, 0.15) is 26.2 Å². The van der Waals surface area contributed by atoms with Gasteiger partial charge in [-0.2, -0.15) is 22.0 Å². The molecule has 0 aliphatic rings. The topological polar surface area (TPSA) is 17.1 Å². The Morgan fingerprint density at radius 3 is 2.07 bits per heavy atom. The number of alkyl halides is 5. The van der Waals surface area contributed by atoms with Gasteiger partial charge in [-0.25, -0.2) is 0 Å². The van der Waals surface area contributed by atoms with Gasteiger partial charge in [0.2, 0.25) is 0 Å². The minimum atomic E-state index is -5.47. The average Bonchev–Trinajstić information content (AvgIpc) is 2.00. The summed E-state index contributed by atoms with van der Waals surface area (Å²) in [5.74, 6) is -4.34. The molecule has 0 aromatic carbocycles. The Kier molecular flexibility index (Phi) is 5.55. The van der Waals surface area contributed by atoms with Gasteiger partial charge in [-0.3, -0.25) is 4.79 Å². The van der Waals surface area contributed by atoms with Gasteiger partial charge in [0, 0.05) is 19.1 Å². The summed E-state index contributed by atoms with van der Waals surface area (Å²) in [7, 11) is 0. The highest BCUT2D eigenvalue weighted by Gasteiger charge is 2.56. The maximum Gasteiger partial charge on any atom is 0.453 e. The summed E-state index contributed by atoms with van der Waals surface area (Å²) in [6.07, 6.45) is -6.75. The molecule has 0 rings (SSSR count). The molecular weight excluding hydrogens is 239 g/mol. The van der Waals surface area contributed by atoms with Crippen LogP contribution in [0.25, 0.3) is 0 Å². The molecular formula is C8H11F5OS. The molecule has 0 aliphatic carbocycles. The van der Waals surface area contributed by atoms with E-state index in [-0.39, 0.29) is 23.7 Å². The molecule has 0 amide bonds. The SMILES string of the molecule is CC(=O)SCCCCC(F)(F)C(F)(F)F. The predicted octanol–water partition coefficient (Wildman–Crippen LogP) is 3.63. The van der Waals surface area contributed by atoms with Crippen LogP contribution in [0.15, 0.2) is 0 Å². The van der Waals surface area contributed by atoms with E-state index in [1.54, 1.807) is 0 Å². The lowest BCUT2D eigenvalue weighted by molar-refractivity contribution is -0.284. The zero-order valence-electron chi connectivity index (χ0n) is 8.03. The first-order valence-corrected chi connectivity index (χ1v) is 5.23. The minimum Gasteiger partial charge on any atom is -0.288 e. The Hall–Kier alpha value is -0.330. The van der Waals surface area contributed by atoms with Crippen LogP contribution in [-0.4, -0.2) is 23.0 Å². The maximum absolute atomic E-state index is 12.3. The second-order valence-electron chi connectivity index (χ2n) is 3.00. The molecule has 15 heavy (non-hydrogen) atoms. The van der Waals surface area contributed by atoms with Gasteiger partial charge in [0.25, 0.3) is 0 Å². The van der Waals surface area contributed by atoms with E-state index in [0.717, 1.165) is 11.8 Å². The standard InChI is InChI=1S/C8H11F5OS/c1-6(14)15-5-3-2-4-7(9,10)8(11,12)13/h2-5H2,1H3. The van der Waals surface area contributed by atoms with Gasteiger partial charge >= 0.3 is 12.1 Å². The van der Waals surface area contributed by atoms with Crippen LogP contribution in [-0.2, 0) is 4.79 Å². The molecule has 0 saturated carbocycles. The number of rotatable bonds is 5. The van der Waals surface area contributed by atoms with E-state index in [4.69, 9.17) is 0 Å². The molecule has 0 aromatic heterocycles. The molecule has 90 valence electrons. The Labute approximate surface area is 88.4 Å². The number of unbranched alkanes of at least 4 members (excludes halogenated alkanes) is 1. The molecule has 0 fully saturated rings. The summed E-state index contributed by atoms with van der Waals surface area (Å²) >= 11 is 0.924. The summed E-state index contributed by atoms with van der Waals surface area (Å²) in [4.78, 5) is 10.4. The van der Waals surface area contributed by atoms with Gasteiger partial charge in [-0.05, 0) is 12.8 Å². The lowest BCUT2D eigenvalue weighted by atomic mass is 10.1. The molecule has 0 N–H and O–H groups in total. The third kappa shape index (κ3) is 5.96. The number of hydrogen-bond donors (Lipinski definition) is 0. The van der Waals surface area contributed by atoms with Crippen molar-refractivity contribution in [3.8, 4) is 0 Å². The lowest BCUT2D eigenvalue weighted by Gasteiger charge is -2.18. The Bertz CT molecular complexity index is 214. The summed E-state index contributed by atoms with van der Waals surface area (Å²) in [5, 5.41) is -0.169. The van der Waals surface area contributed by atoms with Crippen molar-refractivity contribution in [1.29, 1.82) is 0 Å². The Morgan fingerprint density at radius 2 is 1.67 bits per heavy atom. The lowest BCUT2D eigenvalue weighted by Crippen LogP contribution is -2.36. The summed E-state index contributed by atoms with van der Waals surface area (Å²) in [6.45, 7) is 1.31. The number of carbonyl (C=O) groups is 1. The Morgan fingerprint density at radius 1 is 1.13 bits per heavy atom. The van der Waals surface area contributed by atoms with Crippen molar-refractivity contribution in [1.82, 2.24) is 0 Å². The van der Waals surface area contributed by atoms with Gasteiger partial charge in [0.05, 0.1) is 0 Å². The van der Waals surface area contributed by atoms with E-state index >= 15 is 0 Å². The van der Waals surface area contributed by atoms with Crippen LogP contribution in [0.3, 0.4) is 0 Å². The summed E-state index contributed by atoms with van der Waals surface area (Å²) in [6, 6.07) is 0. The van der Waals surface area contributed by atoms with Crippen LogP contribution < -0.4 is 0 Å². The van der Waals surface area contributed by atoms with Gasteiger partial charge in [0.15, 0.2) is 5.12 Å². The van der Waals surface area contributed by atoms with Crippen molar-refractivity contribution < 1.29 is 26.7 Å². The van der Waals surface area contributed by atoms with E-state index in [0.29, 0.717) is 0 Å². The third-order valence-electron chi connectivity index (χ3n) is 1.61. The highest BCUT2D eigenvalue weighted by atomic mass is 32.2. The Balaban J connectivity index is 3.72. The van der Waals surface area contributed by atoms with Gasteiger partial charge in [-0.15, -0.1) is 0 Å².